The first-order valence-electron chi connectivity index (χ1n) is 6.87. The predicted molar refractivity (Wildman–Crippen MR) is 89.8 cm³/mol. The van der Waals surface area contributed by atoms with Crippen LogP contribution in [-0.2, 0) is 0 Å². The van der Waals surface area contributed by atoms with Crippen LogP contribution in [0.5, 0.6) is 0 Å². The number of nitrogens with zero attached hydrogens (tertiary/aromatic N) is 1. The van der Waals surface area contributed by atoms with Crippen LogP contribution in [0.4, 0.5) is 11.5 Å². The average molecular weight is 348 g/mol. The van der Waals surface area contributed by atoms with Gasteiger partial charge in [-0.05, 0) is 43.2 Å². The van der Waals surface area contributed by atoms with Gasteiger partial charge >= 0.3 is 0 Å². The van der Waals surface area contributed by atoms with E-state index in [1.165, 1.54) is 0 Å². The number of rotatable bonds is 5. The SMILES string of the molecule is CCCNc1cc(C(=O)Nc2cc(Br)ccc2C)ccn1. The lowest BCUT2D eigenvalue weighted by Gasteiger charge is -2.10. The molecule has 2 rings (SSSR count). The Morgan fingerprint density at radius 2 is 2.10 bits per heavy atom. The number of carbonyl (C=O) groups excluding carboxylic acids is 1. The van der Waals surface area contributed by atoms with Gasteiger partial charge in [-0.25, -0.2) is 4.98 Å². The van der Waals surface area contributed by atoms with E-state index in [2.05, 4.69) is 38.5 Å². The zero-order valence-electron chi connectivity index (χ0n) is 12.1. The summed E-state index contributed by atoms with van der Waals surface area (Å²) in [7, 11) is 0. The fourth-order valence-electron chi connectivity index (χ4n) is 1.84. The van der Waals surface area contributed by atoms with Gasteiger partial charge in [-0.15, -0.1) is 0 Å². The molecule has 0 atom stereocenters. The van der Waals surface area contributed by atoms with Gasteiger partial charge in [0, 0.05) is 28.5 Å². The van der Waals surface area contributed by atoms with E-state index < -0.39 is 0 Å². The summed E-state index contributed by atoms with van der Waals surface area (Å²) in [6, 6.07) is 9.27. The van der Waals surface area contributed by atoms with Gasteiger partial charge < -0.3 is 10.6 Å². The van der Waals surface area contributed by atoms with E-state index in [0.29, 0.717) is 5.56 Å². The van der Waals surface area contributed by atoms with Crippen molar-refractivity contribution in [2.75, 3.05) is 17.2 Å². The highest BCUT2D eigenvalue weighted by atomic mass is 79.9. The molecular weight excluding hydrogens is 330 g/mol. The largest absolute Gasteiger partial charge is 0.370 e. The summed E-state index contributed by atoms with van der Waals surface area (Å²) in [5, 5.41) is 6.10. The van der Waals surface area contributed by atoms with Crippen LogP contribution in [0.25, 0.3) is 0 Å². The third kappa shape index (κ3) is 4.29. The number of amides is 1. The van der Waals surface area contributed by atoms with E-state index in [1.807, 2.05) is 25.1 Å². The Bertz CT molecular complexity index is 643. The molecule has 2 aromatic rings. The number of pyridine rings is 1. The van der Waals surface area contributed by atoms with Gasteiger partial charge in [-0.1, -0.05) is 28.9 Å². The molecule has 0 saturated heterocycles. The molecule has 0 fully saturated rings. The van der Waals surface area contributed by atoms with Crippen molar-refractivity contribution in [2.45, 2.75) is 20.3 Å². The Kier molecular flexibility index (Phi) is 5.33. The van der Waals surface area contributed by atoms with E-state index in [0.717, 1.165) is 34.5 Å². The lowest BCUT2D eigenvalue weighted by molar-refractivity contribution is 0.102. The third-order valence-corrected chi connectivity index (χ3v) is 3.52. The summed E-state index contributed by atoms with van der Waals surface area (Å²) in [6.07, 6.45) is 2.65. The molecule has 0 spiro atoms. The Hall–Kier alpha value is -1.88. The van der Waals surface area contributed by atoms with Gasteiger partial charge in [-0.3, -0.25) is 4.79 Å². The normalized spacial score (nSPS) is 10.2. The molecule has 2 N–H and O–H groups in total. The van der Waals surface area contributed by atoms with Crippen molar-refractivity contribution in [1.29, 1.82) is 0 Å². The third-order valence-electron chi connectivity index (χ3n) is 3.03. The van der Waals surface area contributed by atoms with Crippen LogP contribution in [0.2, 0.25) is 0 Å². The fraction of sp³-hybridized carbons (Fsp3) is 0.250. The second-order valence-electron chi connectivity index (χ2n) is 4.77. The number of aromatic nitrogens is 1. The van der Waals surface area contributed by atoms with Crippen LogP contribution in [-0.4, -0.2) is 17.4 Å². The van der Waals surface area contributed by atoms with Gasteiger partial charge in [0.2, 0.25) is 0 Å². The Labute approximate surface area is 133 Å². The van der Waals surface area contributed by atoms with Crippen molar-refractivity contribution in [2.24, 2.45) is 0 Å². The van der Waals surface area contributed by atoms with Crippen molar-refractivity contribution >= 4 is 33.3 Å². The molecule has 21 heavy (non-hydrogen) atoms. The molecule has 0 aliphatic heterocycles. The van der Waals surface area contributed by atoms with Gasteiger partial charge in [0.05, 0.1) is 0 Å². The molecule has 1 amide bonds. The molecule has 0 aliphatic rings. The van der Waals surface area contributed by atoms with Crippen LogP contribution in [0.1, 0.15) is 29.3 Å². The monoisotopic (exact) mass is 347 g/mol. The summed E-state index contributed by atoms with van der Waals surface area (Å²) in [6.45, 7) is 4.88. The minimum Gasteiger partial charge on any atom is -0.370 e. The highest BCUT2D eigenvalue weighted by Gasteiger charge is 2.09. The lowest BCUT2D eigenvalue weighted by Crippen LogP contribution is -2.13. The molecule has 4 nitrogen and oxygen atoms in total. The van der Waals surface area contributed by atoms with Crippen molar-refractivity contribution < 1.29 is 4.79 Å². The van der Waals surface area contributed by atoms with E-state index in [4.69, 9.17) is 0 Å². The standard InChI is InChI=1S/C16H18BrN3O/c1-3-7-18-15-9-12(6-8-19-15)16(21)20-14-10-13(17)5-4-11(14)2/h4-6,8-10H,3,7H2,1-2H3,(H,18,19)(H,20,21). The average Bonchev–Trinajstić information content (AvgIpc) is 2.49. The topological polar surface area (TPSA) is 54.0 Å². The maximum Gasteiger partial charge on any atom is 0.255 e. The number of nitrogens with one attached hydrogen (secondary N) is 2. The van der Waals surface area contributed by atoms with E-state index in [9.17, 15) is 4.79 Å². The second kappa shape index (κ2) is 7.22. The van der Waals surface area contributed by atoms with Crippen molar-refractivity contribution in [1.82, 2.24) is 4.98 Å². The smallest absolute Gasteiger partial charge is 0.255 e. The first-order chi connectivity index (χ1) is 10.1. The Morgan fingerprint density at radius 1 is 1.29 bits per heavy atom. The molecule has 0 saturated carbocycles. The molecular formula is C16H18BrN3O. The Morgan fingerprint density at radius 3 is 2.86 bits per heavy atom. The van der Waals surface area contributed by atoms with Crippen molar-refractivity contribution in [3.05, 3.63) is 52.1 Å². The van der Waals surface area contributed by atoms with Gasteiger partial charge in [0.1, 0.15) is 5.82 Å². The van der Waals surface area contributed by atoms with Crippen LogP contribution < -0.4 is 10.6 Å². The minimum atomic E-state index is -0.141. The summed E-state index contributed by atoms with van der Waals surface area (Å²) < 4.78 is 0.934. The molecule has 0 radical (unpaired) electrons. The van der Waals surface area contributed by atoms with Crippen LogP contribution in [0.3, 0.4) is 0 Å². The molecule has 1 heterocycles. The minimum absolute atomic E-state index is 0.141. The molecule has 0 aliphatic carbocycles. The highest BCUT2D eigenvalue weighted by molar-refractivity contribution is 9.10. The fourth-order valence-corrected chi connectivity index (χ4v) is 2.21. The van der Waals surface area contributed by atoms with Gasteiger partial charge in [0.25, 0.3) is 5.91 Å². The Balaban J connectivity index is 2.14. The first kappa shape index (κ1) is 15.5. The second-order valence-corrected chi connectivity index (χ2v) is 5.69. The quantitative estimate of drug-likeness (QED) is 0.850. The van der Waals surface area contributed by atoms with Gasteiger partial charge in [0.15, 0.2) is 0 Å². The van der Waals surface area contributed by atoms with E-state index in [-0.39, 0.29) is 5.91 Å². The molecule has 0 bridgehead atoms. The number of benzene rings is 1. The van der Waals surface area contributed by atoms with Crippen molar-refractivity contribution in [3.8, 4) is 0 Å². The molecule has 1 aromatic heterocycles. The number of halogens is 1. The van der Waals surface area contributed by atoms with Crippen LogP contribution in [0, 0.1) is 6.92 Å². The number of hydrogen-bond donors (Lipinski definition) is 2. The number of hydrogen-bond acceptors (Lipinski definition) is 3. The molecule has 0 unspecified atom stereocenters. The predicted octanol–water partition coefficient (Wildman–Crippen LogP) is 4.23. The maximum absolute atomic E-state index is 12.3. The van der Waals surface area contributed by atoms with Gasteiger partial charge in [-0.2, -0.15) is 0 Å². The number of anilines is 2. The van der Waals surface area contributed by atoms with E-state index >= 15 is 0 Å². The first-order valence-corrected chi connectivity index (χ1v) is 7.67. The summed E-state index contributed by atoms with van der Waals surface area (Å²) in [4.78, 5) is 16.5. The number of aryl methyl sites for hydroxylation is 1. The summed E-state index contributed by atoms with van der Waals surface area (Å²) in [5.41, 5.74) is 2.40. The molecule has 1 aromatic carbocycles. The summed E-state index contributed by atoms with van der Waals surface area (Å²) >= 11 is 3.41. The van der Waals surface area contributed by atoms with Crippen LogP contribution in [0.15, 0.2) is 41.0 Å². The van der Waals surface area contributed by atoms with E-state index in [1.54, 1.807) is 18.3 Å². The molecule has 5 heteroatoms. The number of carbonyl (C=O) groups is 1. The molecule has 110 valence electrons. The van der Waals surface area contributed by atoms with Crippen LogP contribution >= 0.6 is 15.9 Å². The maximum atomic E-state index is 12.3. The lowest BCUT2D eigenvalue weighted by atomic mass is 10.2. The summed E-state index contributed by atoms with van der Waals surface area (Å²) in [5.74, 6) is 0.577. The zero-order valence-corrected chi connectivity index (χ0v) is 13.7. The zero-order chi connectivity index (χ0) is 15.2. The highest BCUT2D eigenvalue weighted by Crippen LogP contribution is 2.21. The van der Waals surface area contributed by atoms with Crippen molar-refractivity contribution in [3.63, 3.8) is 0 Å².